The highest BCUT2D eigenvalue weighted by atomic mass is 35.5. The number of nitrogens with zero attached hydrogens (tertiary/aromatic N) is 3. The Morgan fingerprint density at radius 3 is 2.10 bits per heavy atom. The summed E-state index contributed by atoms with van der Waals surface area (Å²) in [7, 11) is 0. The molecule has 9 heteroatoms. The van der Waals surface area contributed by atoms with Crippen molar-refractivity contribution in [1.29, 1.82) is 0 Å². The van der Waals surface area contributed by atoms with Gasteiger partial charge in [-0.2, -0.15) is 0 Å². The van der Waals surface area contributed by atoms with Gasteiger partial charge in [-0.3, -0.25) is 19.7 Å². The lowest BCUT2D eigenvalue weighted by Gasteiger charge is -2.36. The number of hydrogen-bond donors (Lipinski definition) is 1. The van der Waals surface area contributed by atoms with Gasteiger partial charge in [0, 0.05) is 62.4 Å². The largest absolute Gasteiger partial charge is 0.339 e. The average molecular weight is 423 g/mol. The summed E-state index contributed by atoms with van der Waals surface area (Å²) in [6, 6.07) is 6.85. The summed E-state index contributed by atoms with van der Waals surface area (Å²) in [5.41, 5.74) is 0.411. The third-order valence-corrected chi connectivity index (χ3v) is 6.28. The summed E-state index contributed by atoms with van der Waals surface area (Å²) in [6.45, 7) is 2.10. The summed E-state index contributed by atoms with van der Waals surface area (Å²) < 4.78 is 0. The molecule has 0 saturated carbocycles. The van der Waals surface area contributed by atoms with Gasteiger partial charge in [-0.25, -0.2) is 0 Å². The standard InChI is InChI=1S/C20H26N4O4.ClH/c25-19(13-14-11-16-3-4-17(12-14)21-16)22-7-9-23(10-8-22)20(26)15-1-5-18(6-2-15)24(27)28;/h1-2,5-6,14,16-17,21H,3-4,7-13H2;1H. The van der Waals surface area contributed by atoms with E-state index in [1.807, 2.05) is 4.90 Å². The number of nitro benzene ring substituents is 1. The Bertz CT molecular complexity index is 752. The highest BCUT2D eigenvalue weighted by Crippen LogP contribution is 2.33. The maximum atomic E-state index is 12.7. The number of piperazine rings is 1. The third-order valence-electron chi connectivity index (χ3n) is 6.28. The van der Waals surface area contributed by atoms with Crippen LogP contribution in [0.25, 0.3) is 0 Å². The zero-order valence-electron chi connectivity index (χ0n) is 16.3. The number of nitro groups is 1. The lowest BCUT2D eigenvalue weighted by atomic mass is 9.89. The van der Waals surface area contributed by atoms with Gasteiger partial charge >= 0.3 is 0 Å². The first-order chi connectivity index (χ1) is 13.5. The molecule has 2 atom stereocenters. The first-order valence-electron chi connectivity index (χ1n) is 10.1. The van der Waals surface area contributed by atoms with E-state index in [0.717, 1.165) is 12.8 Å². The van der Waals surface area contributed by atoms with E-state index in [1.54, 1.807) is 4.90 Å². The molecular formula is C20H27ClN4O4. The number of non-ortho nitro benzene ring substituents is 1. The molecule has 8 nitrogen and oxygen atoms in total. The van der Waals surface area contributed by atoms with E-state index in [9.17, 15) is 19.7 Å². The Morgan fingerprint density at radius 1 is 1.00 bits per heavy atom. The van der Waals surface area contributed by atoms with Crippen LogP contribution in [0.5, 0.6) is 0 Å². The Hall–Kier alpha value is -2.19. The van der Waals surface area contributed by atoms with Crippen LogP contribution in [0.4, 0.5) is 5.69 Å². The summed E-state index contributed by atoms with van der Waals surface area (Å²) in [5.74, 6) is 0.539. The molecule has 0 spiro atoms. The molecule has 0 aromatic heterocycles. The SMILES string of the molecule is Cl.O=C(CC1CC2CCC(C1)N2)N1CCN(C(=O)c2ccc([N+](=O)[O-])cc2)CC1. The van der Waals surface area contributed by atoms with Gasteiger partial charge < -0.3 is 15.1 Å². The van der Waals surface area contributed by atoms with E-state index in [1.165, 1.54) is 37.1 Å². The molecule has 1 N–H and O–H groups in total. The minimum Gasteiger partial charge on any atom is -0.339 e. The lowest BCUT2D eigenvalue weighted by Crippen LogP contribution is -2.51. The minimum absolute atomic E-state index is 0. The van der Waals surface area contributed by atoms with Crippen LogP contribution in [0.3, 0.4) is 0 Å². The molecule has 2 bridgehead atoms. The maximum absolute atomic E-state index is 12.7. The number of fused-ring (bicyclic) bond motifs is 2. The van der Waals surface area contributed by atoms with Crippen molar-refractivity contribution in [3.05, 3.63) is 39.9 Å². The summed E-state index contributed by atoms with van der Waals surface area (Å²) in [6.07, 6.45) is 5.28. The molecule has 4 rings (SSSR count). The zero-order valence-corrected chi connectivity index (χ0v) is 17.1. The Morgan fingerprint density at radius 2 is 1.55 bits per heavy atom. The van der Waals surface area contributed by atoms with Gasteiger partial charge in [-0.15, -0.1) is 12.4 Å². The van der Waals surface area contributed by atoms with Gasteiger partial charge in [0.2, 0.25) is 5.91 Å². The molecule has 3 fully saturated rings. The number of carbonyl (C=O) groups is 2. The van der Waals surface area contributed by atoms with Crippen molar-refractivity contribution in [2.24, 2.45) is 5.92 Å². The van der Waals surface area contributed by atoms with Crippen LogP contribution in [0, 0.1) is 16.0 Å². The topological polar surface area (TPSA) is 95.8 Å². The van der Waals surface area contributed by atoms with E-state index in [-0.39, 0.29) is 29.9 Å². The van der Waals surface area contributed by atoms with E-state index < -0.39 is 4.92 Å². The second-order valence-electron chi connectivity index (χ2n) is 8.16. The quantitative estimate of drug-likeness (QED) is 0.592. The summed E-state index contributed by atoms with van der Waals surface area (Å²) >= 11 is 0. The molecule has 158 valence electrons. The Labute approximate surface area is 176 Å². The normalized spacial score (nSPS) is 26.0. The smallest absolute Gasteiger partial charge is 0.269 e. The van der Waals surface area contributed by atoms with Crippen molar-refractivity contribution in [2.75, 3.05) is 26.2 Å². The van der Waals surface area contributed by atoms with Gasteiger partial charge in [0.05, 0.1) is 4.92 Å². The fourth-order valence-corrected chi connectivity index (χ4v) is 4.79. The number of carbonyl (C=O) groups excluding carboxylic acids is 2. The second kappa shape index (κ2) is 9.09. The number of hydrogen-bond acceptors (Lipinski definition) is 5. The summed E-state index contributed by atoms with van der Waals surface area (Å²) in [4.78, 5) is 39.1. The van der Waals surface area contributed by atoms with E-state index in [0.29, 0.717) is 56.2 Å². The maximum Gasteiger partial charge on any atom is 0.269 e. The number of benzene rings is 1. The molecule has 1 aromatic carbocycles. The van der Waals surface area contributed by atoms with Crippen LogP contribution in [-0.4, -0.2) is 64.8 Å². The fourth-order valence-electron chi connectivity index (χ4n) is 4.79. The van der Waals surface area contributed by atoms with Crippen molar-refractivity contribution in [3.8, 4) is 0 Å². The van der Waals surface area contributed by atoms with Gasteiger partial charge in [0.1, 0.15) is 0 Å². The number of nitrogens with one attached hydrogen (secondary N) is 1. The van der Waals surface area contributed by atoms with Gasteiger partial charge in [0.25, 0.3) is 11.6 Å². The number of rotatable bonds is 4. The molecule has 3 aliphatic heterocycles. The first kappa shape index (κ1) is 21.5. The average Bonchev–Trinajstić information content (AvgIpc) is 3.05. The van der Waals surface area contributed by atoms with E-state index in [4.69, 9.17) is 0 Å². The highest BCUT2D eigenvalue weighted by molar-refractivity contribution is 5.94. The van der Waals surface area contributed by atoms with Gasteiger partial charge in [0.15, 0.2) is 0 Å². The molecule has 2 unspecified atom stereocenters. The third kappa shape index (κ3) is 4.87. The van der Waals surface area contributed by atoms with Crippen molar-refractivity contribution in [3.63, 3.8) is 0 Å². The van der Waals surface area contributed by atoms with E-state index >= 15 is 0 Å². The van der Waals surface area contributed by atoms with Crippen LogP contribution >= 0.6 is 12.4 Å². The molecule has 1 aromatic rings. The summed E-state index contributed by atoms with van der Waals surface area (Å²) in [5, 5.41) is 14.3. The molecule has 3 heterocycles. The highest BCUT2D eigenvalue weighted by Gasteiger charge is 2.35. The van der Waals surface area contributed by atoms with Crippen LogP contribution < -0.4 is 5.32 Å². The van der Waals surface area contributed by atoms with E-state index in [2.05, 4.69) is 5.32 Å². The second-order valence-corrected chi connectivity index (χ2v) is 8.16. The Balaban J connectivity index is 0.00000240. The molecule has 3 saturated heterocycles. The molecule has 3 aliphatic rings. The van der Waals surface area contributed by atoms with Gasteiger partial charge in [-0.1, -0.05) is 0 Å². The first-order valence-corrected chi connectivity index (χ1v) is 10.1. The molecule has 0 radical (unpaired) electrons. The monoisotopic (exact) mass is 422 g/mol. The molecule has 2 amide bonds. The zero-order chi connectivity index (χ0) is 19.7. The van der Waals surface area contributed by atoms with Crippen LogP contribution in [-0.2, 0) is 4.79 Å². The molecule has 29 heavy (non-hydrogen) atoms. The molecule has 0 aliphatic carbocycles. The van der Waals surface area contributed by atoms with Gasteiger partial charge in [-0.05, 0) is 43.7 Å². The number of piperidine rings is 1. The predicted molar refractivity (Wildman–Crippen MR) is 110 cm³/mol. The van der Waals surface area contributed by atoms with Crippen molar-refractivity contribution in [1.82, 2.24) is 15.1 Å². The van der Waals surface area contributed by atoms with Crippen molar-refractivity contribution < 1.29 is 14.5 Å². The number of halogens is 1. The molecular weight excluding hydrogens is 396 g/mol. The van der Waals surface area contributed by atoms with Crippen LogP contribution in [0.2, 0.25) is 0 Å². The lowest BCUT2D eigenvalue weighted by molar-refractivity contribution is -0.384. The Kier molecular flexibility index (Phi) is 6.74. The minimum atomic E-state index is -0.480. The fraction of sp³-hybridized carbons (Fsp3) is 0.600. The predicted octanol–water partition coefficient (Wildman–Crippen LogP) is 2.22. The van der Waals surface area contributed by atoms with Crippen LogP contribution in [0.15, 0.2) is 24.3 Å². The van der Waals surface area contributed by atoms with Crippen molar-refractivity contribution in [2.45, 2.75) is 44.2 Å². The number of amides is 2. The van der Waals surface area contributed by atoms with Crippen LogP contribution in [0.1, 0.15) is 42.5 Å². The van der Waals surface area contributed by atoms with Crippen molar-refractivity contribution >= 4 is 29.9 Å².